The summed E-state index contributed by atoms with van der Waals surface area (Å²) < 4.78 is 25.7. The van der Waals surface area contributed by atoms with Crippen molar-refractivity contribution in [3.05, 3.63) is 72.4 Å². The van der Waals surface area contributed by atoms with Gasteiger partial charge in [-0.05, 0) is 65.9 Å². The zero-order chi connectivity index (χ0) is 21.5. The van der Waals surface area contributed by atoms with Gasteiger partial charge in [-0.2, -0.15) is 0 Å². The average Bonchev–Trinajstić information content (AvgIpc) is 3.41. The van der Waals surface area contributed by atoms with Crippen LogP contribution in [0.1, 0.15) is 24.8 Å². The molecule has 0 amide bonds. The highest BCUT2D eigenvalue weighted by molar-refractivity contribution is 5.91. The first-order chi connectivity index (χ1) is 15.7. The van der Waals surface area contributed by atoms with Crippen molar-refractivity contribution < 1.29 is 13.9 Å². The van der Waals surface area contributed by atoms with E-state index in [0.717, 1.165) is 68.0 Å². The number of aromatic amines is 1. The third kappa shape index (κ3) is 3.48. The highest BCUT2D eigenvalue weighted by atomic mass is 19.1. The molecule has 1 N–H and O–H groups in total. The lowest BCUT2D eigenvalue weighted by Gasteiger charge is -2.33. The number of rotatable bonds is 3. The normalized spacial score (nSPS) is 22.7. The van der Waals surface area contributed by atoms with Gasteiger partial charge in [0.2, 0.25) is 0 Å². The Kier molecular flexibility index (Phi) is 4.94. The van der Waals surface area contributed by atoms with Crippen molar-refractivity contribution in [1.82, 2.24) is 14.9 Å². The molecule has 0 bridgehead atoms. The van der Waals surface area contributed by atoms with Crippen molar-refractivity contribution in [2.45, 2.75) is 31.1 Å². The van der Waals surface area contributed by atoms with Gasteiger partial charge in [-0.1, -0.05) is 6.08 Å². The minimum absolute atomic E-state index is 0.233. The van der Waals surface area contributed by atoms with E-state index in [2.05, 4.69) is 27.1 Å². The molecule has 1 atom stereocenters. The number of fused-ring (bicyclic) bond motifs is 1. The van der Waals surface area contributed by atoms with Crippen LogP contribution in [0.3, 0.4) is 0 Å². The molecule has 0 radical (unpaired) electrons. The maximum atomic E-state index is 13.5. The van der Waals surface area contributed by atoms with Gasteiger partial charge < -0.3 is 14.5 Å². The Labute approximate surface area is 186 Å². The van der Waals surface area contributed by atoms with Crippen LogP contribution >= 0.6 is 0 Å². The lowest BCUT2D eigenvalue weighted by Crippen LogP contribution is -2.43. The first-order valence-electron chi connectivity index (χ1n) is 11.3. The van der Waals surface area contributed by atoms with Crippen LogP contribution in [-0.4, -0.2) is 53.0 Å². The van der Waals surface area contributed by atoms with E-state index in [1.54, 1.807) is 0 Å². The van der Waals surface area contributed by atoms with Gasteiger partial charge in [0.15, 0.2) is 5.79 Å². The number of pyridine rings is 1. The van der Waals surface area contributed by atoms with E-state index in [9.17, 15) is 4.39 Å². The predicted molar refractivity (Wildman–Crippen MR) is 121 cm³/mol. The van der Waals surface area contributed by atoms with E-state index in [1.807, 2.05) is 36.7 Å². The molecular formula is C26H26FN3O2. The van der Waals surface area contributed by atoms with Gasteiger partial charge in [0.1, 0.15) is 5.82 Å². The monoisotopic (exact) mass is 431 g/mol. The fourth-order valence-corrected chi connectivity index (χ4v) is 5.32. The standard InChI is InChI=1S/C26H26FN3O2/c27-21-4-2-19(3-5-21)25-24(18-6-9-28-10-7-18)23(16-29-25)20-8-11-30-17-26(15-22(30)14-20)31-12-1-13-32-26/h2-7,9-10,14,16,22,29H,1,8,11-13,15,17H2/t22-/m1/s1. The Balaban J connectivity index is 1.40. The second kappa shape index (κ2) is 7.96. The zero-order valence-electron chi connectivity index (χ0n) is 17.9. The molecule has 0 unspecified atom stereocenters. The van der Waals surface area contributed by atoms with Crippen LogP contribution in [0.25, 0.3) is 28.0 Å². The first kappa shape index (κ1) is 19.9. The quantitative estimate of drug-likeness (QED) is 0.642. The number of nitrogens with one attached hydrogen (secondary N) is 1. The van der Waals surface area contributed by atoms with Crippen LogP contribution < -0.4 is 0 Å². The zero-order valence-corrected chi connectivity index (χ0v) is 17.9. The molecule has 3 aliphatic rings. The molecule has 6 rings (SSSR count). The van der Waals surface area contributed by atoms with Crippen LogP contribution in [0, 0.1) is 5.82 Å². The summed E-state index contributed by atoms with van der Waals surface area (Å²) in [6.45, 7) is 3.38. The Bertz CT molecular complexity index is 1130. The highest BCUT2D eigenvalue weighted by Gasteiger charge is 2.47. The van der Waals surface area contributed by atoms with Gasteiger partial charge in [-0.15, -0.1) is 0 Å². The first-order valence-corrected chi connectivity index (χ1v) is 11.3. The van der Waals surface area contributed by atoms with E-state index in [-0.39, 0.29) is 5.82 Å². The molecule has 6 heteroatoms. The number of hydrogen-bond acceptors (Lipinski definition) is 4. The van der Waals surface area contributed by atoms with E-state index < -0.39 is 5.79 Å². The number of hydrogen-bond donors (Lipinski definition) is 1. The number of aromatic nitrogens is 2. The maximum Gasteiger partial charge on any atom is 0.182 e. The van der Waals surface area contributed by atoms with E-state index in [1.165, 1.54) is 23.3 Å². The lowest BCUT2D eigenvalue weighted by atomic mass is 9.90. The molecule has 5 heterocycles. The minimum atomic E-state index is -0.444. The number of ether oxygens (including phenoxy) is 2. The fourth-order valence-electron chi connectivity index (χ4n) is 5.32. The van der Waals surface area contributed by atoms with Crippen molar-refractivity contribution in [2.24, 2.45) is 0 Å². The molecule has 5 nitrogen and oxygen atoms in total. The van der Waals surface area contributed by atoms with Crippen LogP contribution in [-0.2, 0) is 9.47 Å². The summed E-state index contributed by atoms with van der Waals surface area (Å²) in [7, 11) is 0. The van der Waals surface area contributed by atoms with Gasteiger partial charge in [0, 0.05) is 48.7 Å². The summed E-state index contributed by atoms with van der Waals surface area (Å²) >= 11 is 0. The number of benzene rings is 1. The van der Waals surface area contributed by atoms with Crippen LogP contribution in [0.15, 0.2) is 61.1 Å². The van der Waals surface area contributed by atoms with Crippen LogP contribution in [0.2, 0.25) is 0 Å². The molecule has 2 saturated heterocycles. The van der Waals surface area contributed by atoms with Gasteiger partial charge >= 0.3 is 0 Å². The molecule has 3 aliphatic heterocycles. The summed E-state index contributed by atoms with van der Waals surface area (Å²) in [5.74, 6) is -0.677. The third-order valence-electron chi connectivity index (χ3n) is 6.84. The Morgan fingerprint density at radius 3 is 2.59 bits per heavy atom. The molecule has 1 aromatic carbocycles. The van der Waals surface area contributed by atoms with Crippen molar-refractivity contribution in [1.29, 1.82) is 0 Å². The summed E-state index contributed by atoms with van der Waals surface area (Å²) in [4.78, 5) is 10.2. The van der Waals surface area contributed by atoms with Crippen molar-refractivity contribution in [3.8, 4) is 22.4 Å². The molecule has 0 aliphatic carbocycles. The van der Waals surface area contributed by atoms with E-state index in [4.69, 9.17) is 9.47 Å². The molecule has 164 valence electrons. The topological polar surface area (TPSA) is 50.4 Å². The van der Waals surface area contributed by atoms with Crippen molar-refractivity contribution in [3.63, 3.8) is 0 Å². The Morgan fingerprint density at radius 1 is 1.03 bits per heavy atom. The maximum absolute atomic E-state index is 13.5. The molecular weight excluding hydrogens is 405 g/mol. The second-order valence-electron chi connectivity index (χ2n) is 8.84. The third-order valence-corrected chi connectivity index (χ3v) is 6.84. The SMILES string of the molecule is Fc1ccc(-c2[nH]cc(C3=C[C@@H]4CC5(CN4CC3)OCCCO5)c2-c2ccncc2)cc1. The molecule has 32 heavy (non-hydrogen) atoms. The van der Waals surface area contributed by atoms with Crippen molar-refractivity contribution in [2.75, 3.05) is 26.3 Å². The van der Waals surface area contributed by atoms with E-state index >= 15 is 0 Å². The molecule has 2 aromatic heterocycles. The molecule has 3 aromatic rings. The lowest BCUT2D eigenvalue weighted by molar-refractivity contribution is -0.257. The smallest absolute Gasteiger partial charge is 0.182 e. The number of H-pyrrole nitrogens is 1. The Hall–Kier alpha value is -2.80. The van der Waals surface area contributed by atoms with Crippen molar-refractivity contribution >= 4 is 5.57 Å². The van der Waals surface area contributed by atoms with Gasteiger partial charge in [0.25, 0.3) is 0 Å². The van der Waals surface area contributed by atoms with Gasteiger partial charge in [0.05, 0.1) is 25.5 Å². The molecule has 0 saturated carbocycles. The summed E-state index contributed by atoms with van der Waals surface area (Å²) in [5.41, 5.74) is 6.72. The van der Waals surface area contributed by atoms with Gasteiger partial charge in [-0.25, -0.2) is 4.39 Å². The van der Waals surface area contributed by atoms with E-state index in [0.29, 0.717) is 6.04 Å². The summed E-state index contributed by atoms with van der Waals surface area (Å²) in [6, 6.07) is 11.0. The van der Waals surface area contributed by atoms with Crippen LogP contribution in [0.4, 0.5) is 4.39 Å². The summed E-state index contributed by atoms with van der Waals surface area (Å²) in [5, 5.41) is 0. The summed E-state index contributed by atoms with van der Waals surface area (Å²) in [6.07, 6.45) is 10.9. The number of nitrogens with zero attached hydrogens (tertiary/aromatic N) is 2. The second-order valence-corrected chi connectivity index (χ2v) is 8.84. The van der Waals surface area contributed by atoms with Crippen LogP contribution in [0.5, 0.6) is 0 Å². The minimum Gasteiger partial charge on any atom is -0.360 e. The predicted octanol–water partition coefficient (Wildman–Crippen LogP) is 4.88. The highest BCUT2D eigenvalue weighted by Crippen LogP contribution is 2.43. The van der Waals surface area contributed by atoms with Gasteiger partial charge in [-0.3, -0.25) is 9.88 Å². The average molecular weight is 432 g/mol. The Morgan fingerprint density at radius 2 is 1.81 bits per heavy atom. The largest absolute Gasteiger partial charge is 0.360 e. The number of halogens is 1. The fraction of sp³-hybridized carbons (Fsp3) is 0.346. The molecule has 2 fully saturated rings. The molecule has 1 spiro atoms.